The van der Waals surface area contributed by atoms with Crippen LogP contribution in [-0.2, 0) is 4.74 Å². The van der Waals surface area contributed by atoms with E-state index in [9.17, 15) is 9.59 Å². The molecule has 1 aromatic carbocycles. The van der Waals surface area contributed by atoms with Crippen LogP contribution in [0.1, 0.15) is 42.5 Å². The van der Waals surface area contributed by atoms with Gasteiger partial charge in [0.05, 0.1) is 5.56 Å². The highest BCUT2D eigenvalue weighted by atomic mass is 16.6. The summed E-state index contributed by atoms with van der Waals surface area (Å²) in [5.41, 5.74) is 1.11. The molecule has 1 aromatic rings. The maximum absolute atomic E-state index is 12.4. The van der Waals surface area contributed by atoms with Crippen molar-refractivity contribution >= 4 is 17.7 Å². The van der Waals surface area contributed by atoms with Crippen LogP contribution in [0.5, 0.6) is 0 Å². The summed E-state index contributed by atoms with van der Waals surface area (Å²) in [4.78, 5) is 26.0. The molecule has 0 spiro atoms. The van der Waals surface area contributed by atoms with Gasteiger partial charge in [-0.1, -0.05) is 6.07 Å². The fourth-order valence-electron chi connectivity index (χ4n) is 3.25. The molecule has 5 heteroatoms. The quantitative estimate of drug-likeness (QED) is 0.870. The van der Waals surface area contributed by atoms with E-state index in [1.165, 1.54) is 12.8 Å². The normalized spacial score (nSPS) is 22.9. The number of nitrogens with zero attached hydrogens (tertiary/aromatic N) is 1. The van der Waals surface area contributed by atoms with E-state index < -0.39 is 0 Å². The minimum atomic E-state index is -0.260. The predicted molar refractivity (Wildman–Crippen MR) is 81.9 cm³/mol. The Hall–Kier alpha value is -2.04. The summed E-state index contributed by atoms with van der Waals surface area (Å²) in [5.74, 6) is 0.316. The third-order valence-corrected chi connectivity index (χ3v) is 4.83. The first-order chi connectivity index (χ1) is 10.7. The van der Waals surface area contributed by atoms with Crippen LogP contribution < -0.4 is 10.2 Å². The van der Waals surface area contributed by atoms with Crippen molar-refractivity contribution in [1.29, 1.82) is 0 Å². The molecule has 1 saturated heterocycles. The zero-order valence-corrected chi connectivity index (χ0v) is 12.5. The lowest BCUT2D eigenvalue weighted by molar-refractivity contribution is 0.0160. The van der Waals surface area contributed by atoms with Gasteiger partial charge in [-0.3, -0.25) is 4.90 Å². The van der Waals surface area contributed by atoms with Crippen LogP contribution in [0.3, 0.4) is 0 Å². The van der Waals surface area contributed by atoms with Crippen LogP contribution in [0.25, 0.3) is 0 Å². The molecule has 4 rings (SSSR count). The van der Waals surface area contributed by atoms with E-state index in [4.69, 9.17) is 4.74 Å². The lowest BCUT2D eigenvalue weighted by Crippen LogP contribution is -2.46. The topological polar surface area (TPSA) is 58.6 Å². The first-order valence-electron chi connectivity index (χ1n) is 8.07. The number of urea groups is 1. The van der Waals surface area contributed by atoms with Crippen molar-refractivity contribution in [2.45, 2.75) is 37.7 Å². The molecule has 3 fully saturated rings. The van der Waals surface area contributed by atoms with Crippen molar-refractivity contribution < 1.29 is 14.3 Å². The number of hydrogen-bond acceptors (Lipinski definition) is 3. The standard InChI is InChI=1S/C17H20N2O3/c20-15(22-17(7-8-17)13-5-6-13)12-3-1-4-14(11-12)19-10-2-9-18-16(19)21/h1,3-4,11,13H,2,5-10H2,(H,18,21). The van der Waals surface area contributed by atoms with Gasteiger partial charge >= 0.3 is 12.0 Å². The molecule has 1 aliphatic heterocycles. The zero-order valence-electron chi connectivity index (χ0n) is 12.5. The van der Waals surface area contributed by atoms with Crippen LogP contribution in [0.4, 0.5) is 10.5 Å². The number of rotatable bonds is 4. The second kappa shape index (κ2) is 5.00. The number of nitrogens with one attached hydrogen (secondary N) is 1. The molecule has 0 unspecified atom stereocenters. The van der Waals surface area contributed by atoms with Crippen molar-refractivity contribution in [3.05, 3.63) is 29.8 Å². The van der Waals surface area contributed by atoms with Crippen LogP contribution >= 0.6 is 0 Å². The number of carbonyl (C=O) groups is 2. The van der Waals surface area contributed by atoms with Crippen LogP contribution in [0.2, 0.25) is 0 Å². The Labute approximate surface area is 129 Å². The molecule has 0 radical (unpaired) electrons. The van der Waals surface area contributed by atoms with Gasteiger partial charge in [-0.05, 0) is 56.2 Å². The number of hydrogen-bond donors (Lipinski definition) is 1. The van der Waals surface area contributed by atoms with Gasteiger partial charge in [-0.2, -0.15) is 0 Å². The highest BCUT2D eigenvalue weighted by Gasteiger charge is 2.57. The lowest BCUT2D eigenvalue weighted by atomic mass is 10.1. The molecular formula is C17H20N2O3. The molecule has 3 aliphatic rings. The molecule has 5 nitrogen and oxygen atoms in total. The molecule has 2 amide bonds. The molecule has 2 saturated carbocycles. The second-order valence-corrected chi connectivity index (χ2v) is 6.52. The number of carbonyl (C=O) groups excluding carboxylic acids is 2. The fraction of sp³-hybridized carbons (Fsp3) is 0.529. The van der Waals surface area contributed by atoms with Crippen molar-refractivity contribution in [1.82, 2.24) is 5.32 Å². The smallest absolute Gasteiger partial charge is 0.338 e. The first kappa shape index (κ1) is 13.6. The Morgan fingerprint density at radius 1 is 1.32 bits per heavy atom. The maximum Gasteiger partial charge on any atom is 0.338 e. The molecule has 1 N–H and O–H groups in total. The molecule has 1 heterocycles. The maximum atomic E-state index is 12.4. The Kier molecular flexibility index (Phi) is 3.10. The van der Waals surface area contributed by atoms with Crippen LogP contribution in [0, 0.1) is 5.92 Å². The third kappa shape index (κ3) is 2.45. The Bertz CT molecular complexity index is 620. The van der Waals surface area contributed by atoms with E-state index in [-0.39, 0.29) is 17.6 Å². The first-order valence-corrected chi connectivity index (χ1v) is 8.07. The Morgan fingerprint density at radius 2 is 2.14 bits per heavy atom. The van der Waals surface area contributed by atoms with Gasteiger partial charge in [-0.25, -0.2) is 9.59 Å². The van der Waals surface area contributed by atoms with Gasteiger partial charge in [-0.15, -0.1) is 0 Å². The number of benzene rings is 1. The van der Waals surface area contributed by atoms with Gasteiger partial charge < -0.3 is 10.1 Å². The average Bonchev–Trinajstić information content (AvgIpc) is 3.41. The lowest BCUT2D eigenvalue weighted by Gasteiger charge is -2.27. The highest BCUT2D eigenvalue weighted by molar-refractivity contribution is 5.96. The summed E-state index contributed by atoms with van der Waals surface area (Å²) in [6, 6.07) is 7.08. The van der Waals surface area contributed by atoms with Gasteiger partial charge in [0.25, 0.3) is 0 Å². The van der Waals surface area contributed by atoms with Crippen LogP contribution in [-0.4, -0.2) is 30.7 Å². The Balaban J connectivity index is 1.51. The minimum Gasteiger partial charge on any atom is -0.455 e. The van der Waals surface area contributed by atoms with E-state index in [2.05, 4.69) is 5.32 Å². The molecule has 2 aliphatic carbocycles. The summed E-state index contributed by atoms with van der Waals surface area (Å²) in [5, 5.41) is 2.82. The number of esters is 1. The molecule has 116 valence electrons. The van der Waals surface area contributed by atoms with Gasteiger partial charge in [0, 0.05) is 18.8 Å². The third-order valence-electron chi connectivity index (χ3n) is 4.83. The fourth-order valence-corrected chi connectivity index (χ4v) is 3.25. The van der Waals surface area contributed by atoms with E-state index in [0.29, 0.717) is 24.6 Å². The van der Waals surface area contributed by atoms with Gasteiger partial charge in [0.15, 0.2) is 0 Å². The minimum absolute atomic E-state index is 0.103. The zero-order chi connectivity index (χ0) is 15.2. The van der Waals surface area contributed by atoms with Crippen LogP contribution in [0.15, 0.2) is 24.3 Å². The van der Waals surface area contributed by atoms with Gasteiger partial charge in [0.2, 0.25) is 0 Å². The largest absolute Gasteiger partial charge is 0.455 e. The molecule has 0 atom stereocenters. The molecule has 0 bridgehead atoms. The summed E-state index contributed by atoms with van der Waals surface area (Å²) < 4.78 is 5.77. The second-order valence-electron chi connectivity index (χ2n) is 6.52. The van der Waals surface area contributed by atoms with Crippen molar-refractivity contribution in [2.75, 3.05) is 18.0 Å². The van der Waals surface area contributed by atoms with Crippen molar-refractivity contribution in [3.8, 4) is 0 Å². The molecule has 0 aromatic heterocycles. The summed E-state index contributed by atoms with van der Waals surface area (Å²) in [6.45, 7) is 1.39. The van der Waals surface area contributed by atoms with E-state index in [0.717, 1.165) is 24.9 Å². The number of anilines is 1. The number of ether oxygens (including phenoxy) is 1. The predicted octanol–water partition coefficient (Wildman–Crippen LogP) is 2.71. The Morgan fingerprint density at radius 3 is 2.82 bits per heavy atom. The van der Waals surface area contributed by atoms with Crippen molar-refractivity contribution in [2.24, 2.45) is 5.92 Å². The summed E-state index contributed by atoms with van der Waals surface area (Å²) >= 11 is 0. The van der Waals surface area contributed by atoms with E-state index in [1.54, 1.807) is 17.0 Å². The SMILES string of the molecule is O=C(OC1(C2CC2)CC1)c1cccc(N2CCCNC2=O)c1. The van der Waals surface area contributed by atoms with Crippen molar-refractivity contribution in [3.63, 3.8) is 0 Å². The summed E-state index contributed by atoms with van der Waals surface area (Å²) in [6.07, 6.45) is 5.27. The van der Waals surface area contributed by atoms with E-state index >= 15 is 0 Å². The number of amides is 2. The summed E-state index contributed by atoms with van der Waals surface area (Å²) in [7, 11) is 0. The highest BCUT2D eigenvalue weighted by Crippen LogP contribution is 2.56. The average molecular weight is 300 g/mol. The van der Waals surface area contributed by atoms with E-state index in [1.807, 2.05) is 12.1 Å². The van der Waals surface area contributed by atoms with Gasteiger partial charge in [0.1, 0.15) is 5.60 Å². The molecule has 22 heavy (non-hydrogen) atoms. The monoisotopic (exact) mass is 300 g/mol. The molecular weight excluding hydrogens is 280 g/mol.